The molecule has 2 aromatic carbocycles. The molecule has 0 unspecified atom stereocenters. The van der Waals surface area contributed by atoms with E-state index in [4.69, 9.17) is 14.3 Å². The van der Waals surface area contributed by atoms with Crippen LogP contribution >= 0.6 is 0 Å². The molecule has 1 heterocycles. The van der Waals surface area contributed by atoms with Crippen molar-refractivity contribution in [3.63, 3.8) is 0 Å². The Morgan fingerprint density at radius 2 is 1.52 bits per heavy atom. The molecule has 0 radical (unpaired) electrons. The number of nitrogens with zero attached hydrogens (tertiary/aromatic N) is 2. The van der Waals surface area contributed by atoms with Crippen molar-refractivity contribution in [1.29, 1.82) is 0 Å². The van der Waals surface area contributed by atoms with Gasteiger partial charge in [0.05, 0.1) is 25.9 Å². The lowest BCUT2D eigenvalue weighted by atomic mass is 10.1. The summed E-state index contributed by atoms with van der Waals surface area (Å²) in [6, 6.07) is 20.0. The largest absolute Gasteiger partial charge is 0.375 e. The number of aliphatic hydroxyl groups is 1. The van der Waals surface area contributed by atoms with Gasteiger partial charge < -0.3 is 14.6 Å². The molecule has 0 saturated carbocycles. The maximum absolute atomic E-state index is 11.4. The van der Waals surface area contributed by atoms with E-state index in [1.807, 2.05) is 48.5 Å². The number of piperazine rings is 1. The molecule has 0 aliphatic carbocycles. The molecule has 6 heteroatoms. The molecule has 1 N–H and O–H groups in total. The number of unbranched alkanes of at least 4 members (excludes halogenated alkanes) is 2. The zero-order chi connectivity index (χ0) is 23.3. The van der Waals surface area contributed by atoms with Crippen molar-refractivity contribution in [3.05, 3.63) is 71.8 Å². The fourth-order valence-electron chi connectivity index (χ4n) is 4.00. The van der Waals surface area contributed by atoms with Gasteiger partial charge in [0, 0.05) is 13.2 Å². The predicted molar refractivity (Wildman–Crippen MR) is 130 cm³/mol. The zero-order valence-electron chi connectivity index (χ0n) is 20.1. The first-order valence-electron chi connectivity index (χ1n) is 12.3. The third-order valence-corrected chi connectivity index (χ3v) is 5.98. The van der Waals surface area contributed by atoms with Crippen molar-refractivity contribution < 1.29 is 19.4 Å². The Hall–Kier alpha value is -1.80. The molecule has 1 fully saturated rings. The van der Waals surface area contributed by atoms with Crippen molar-refractivity contribution in [2.45, 2.75) is 71.2 Å². The summed E-state index contributed by atoms with van der Waals surface area (Å²) in [6.07, 6.45) is 3.04. The highest BCUT2D eigenvalue weighted by atomic mass is 16.7. The Kier molecular flexibility index (Phi) is 11.3. The van der Waals surface area contributed by atoms with E-state index in [-0.39, 0.29) is 12.3 Å². The third kappa shape index (κ3) is 8.18. The van der Waals surface area contributed by atoms with Crippen LogP contribution in [0.25, 0.3) is 0 Å². The Morgan fingerprint density at radius 3 is 2.15 bits per heavy atom. The average molecular weight is 457 g/mol. The molecule has 1 aliphatic heterocycles. The molecule has 1 saturated heterocycles. The van der Waals surface area contributed by atoms with Gasteiger partial charge in [0.2, 0.25) is 0 Å². The van der Waals surface area contributed by atoms with Crippen LogP contribution in [0.4, 0.5) is 0 Å². The van der Waals surface area contributed by atoms with Crippen LogP contribution in [-0.2, 0) is 27.5 Å². The molecule has 3 atom stereocenters. The van der Waals surface area contributed by atoms with Crippen LogP contribution in [0, 0.1) is 0 Å². The van der Waals surface area contributed by atoms with Crippen LogP contribution in [0.1, 0.15) is 50.7 Å². The molecule has 0 bridgehead atoms. The van der Waals surface area contributed by atoms with Crippen LogP contribution in [0.2, 0.25) is 0 Å². The lowest BCUT2D eigenvalue weighted by Gasteiger charge is -2.48. The number of hydrogen-bond acceptors (Lipinski definition) is 6. The minimum atomic E-state index is -0.846. The molecule has 2 aromatic rings. The highest BCUT2D eigenvalue weighted by Gasteiger charge is 2.42. The van der Waals surface area contributed by atoms with Gasteiger partial charge in [-0.15, -0.1) is 5.06 Å². The quantitative estimate of drug-likeness (QED) is 0.420. The second kappa shape index (κ2) is 14.5. The number of ether oxygens (including phenoxy) is 2. The molecular weight excluding hydrogens is 416 g/mol. The van der Waals surface area contributed by atoms with Crippen LogP contribution in [0.3, 0.4) is 0 Å². The Balaban J connectivity index is 1.69. The van der Waals surface area contributed by atoms with E-state index in [1.165, 1.54) is 0 Å². The summed E-state index contributed by atoms with van der Waals surface area (Å²) >= 11 is 0. The first kappa shape index (κ1) is 25.8. The van der Waals surface area contributed by atoms with E-state index < -0.39 is 6.23 Å². The van der Waals surface area contributed by atoms with E-state index in [2.05, 4.69) is 30.9 Å². The molecule has 33 heavy (non-hydrogen) atoms. The minimum absolute atomic E-state index is 0.193. The first-order valence-corrected chi connectivity index (χ1v) is 12.3. The van der Waals surface area contributed by atoms with Crippen molar-refractivity contribution in [2.24, 2.45) is 0 Å². The van der Waals surface area contributed by atoms with Crippen LogP contribution < -0.4 is 0 Å². The van der Waals surface area contributed by atoms with Gasteiger partial charge in [0.15, 0.2) is 6.23 Å². The normalized spacial score (nSPS) is 22.0. The van der Waals surface area contributed by atoms with Crippen molar-refractivity contribution >= 4 is 0 Å². The van der Waals surface area contributed by atoms with E-state index >= 15 is 0 Å². The van der Waals surface area contributed by atoms with Crippen LogP contribution in [-0.4, -0.2) is 59.9 Å². The highest BCUT2D eigenvalue weighted by Crippen LogP contribution is 2.24. The highest BCUT2D eigenvalue weighted by molar-refractivity contribution is 5.14. The van der Waals surface area contributed by atoms with Crippen molar-refractivity contribution in [1.82, 2.24) is 9.96 Å². The Bertz CT molecular complexity index is 761. The number of aliphatic hydroxyl groups excluding tert-OH is 1. The molecule has 0 amide bonds. The molecule has 0 aromatic heterocycles. The Morgan fingerprint density at radius 1 is 0.879 bits per heavy atom. The Labute approximate surface area is 199 Å². The SMILES string of the molecule is CCCCO[C@H]1CN(CCCC)[C@H](COCc2ccccc2)[C@@H](O)N1OCc1ccccc1. The van der Waals surface area contributed by atoms with Crippen LogP contribution in [0.15, 0.2) is 60.7 Å². The van der Waals surface area contributed by atoms with Gasteiger partial charge in [-0.2, -0.15) is 0 Å². The summed E-state index contributed by atoms with van der Waals surface area (Å²) in [5.41, 5.74) is 2.18. The molecule has 182 valence electrons. The minimum Gasteiger partial charge on any atom is -0.375 e. The summed E-state index contributed by atoms with van der Waals surface area (Å²) in [7, 11) is 0. The van der Waals surface area contributed by atoms with Gasteiger partial charge in [-0.25, -0.2) is 0 Å². The predicted octanol–water partition coefficient (Wildman–Crippen LogP) is 4.58. The van der Waals surface area contributed by atoms with E-state index in [0.29, 0.717) is 33.0 Å². The van der Waals surface area contributed by atoms with Gasteiger partial charge >= 0.3 is 0 Å². The summed E-state index contributed by atoms with van der Waals surface area (Å²) in [5, 5.41) is 13.1. The van der Waals surface area contributed by atoms with Gasteiger partial charge in [-0.3, -0.25) is 9.74 Å². The van der Waals surface area contributed by atoms with E-state index in [0.717, 1.165) is 43.4 Å². The standard InChI is InChI=1S/C27H40N2O4/c1-3-5-17-28-19-26(32-18-6-4-2)29(33-21-24-15-11-8-12-16-24)27(30)25(28)22-31-20-23-13-9-7-10-14-23/h7-16,25-27,30H,3-6,17-22H2,1-2H3/t25-,26+,27-/m1/s1. The summed E-state index contributed by atoms with van der Waals surface area (Å²) in [6.45, 7) is 7.89. The lowest BCUT2D eigenvalue weighted by Crippen LogP contribution is -2.65. The smallest absolute Gasteiger partial charge is 0.150 e. The fraction of sp³-hybridized carbons (Fsp3) is 0.556. The molecule has 0 spiro atoms. The third-order valence-electron chi connectivity index (χ3n) is 5.98. The summed E-state index contributed by atoms with van der Waals surface area (Å²) in [4.78, 5) is 8.45. The van der Waals surface area contributed by atoms with Gasteiger partial charge in [0.1, 0.15) is 6.23 Å². The number of benzene rings is 2. The molecule has 1 aliphatic rings. The number of hydroxylamine groups is 2. The number of hydrogen-bond donors (Lipinski definition) is 1. The van der Waals surface area contributed by atoms with Crippen molar-refractivity contribution in [2.75, 3.05) is 26.3 Å². The summed E-state index contributed by atoms with van der Waals surface area (Å²) < 4.78 is 12.2. The first-order chi connectivity index (χ1) is 16.2. The second-order valence-electron chi connectivity index (χ2n) is 8.63. The molecule has 6 nitrogen and oxygen atoms in total. The maximum atomic E-state index is 11.4. The second-order valence-corrected chi connectivity index (χ2v) is 8.63. The monoisotopic (exact) mass is 456 g/mol. The zero-order valence-corrected chi connectivity index (χ0v) is 20.1. The van der Waals surface area contributed by atoms with Crippen LogP contribution in [0.5, 0.6) is 0 Å². The summed E-state index contributed by atoms with van der Waals surface area (Å²) in [5.74, 6) is 0. The molecular formula is C27H40N2O4. The van der Waals surface area contributed by atoms with Gasteiger partial charge in [-0.05, 0) is 30.5 Å². The van der Waals surface area contributed by atoms with E-state index in [9.17, 15) is 5.11 Å². The topological polar surface area (TPSA) is 54.4 Å². The van der Waals surface area contributed by atoms with E-state index in [1.54, 1.807) is 5.06 Å². The fourth-order valence-corrected chi connectivity index (χ4v) is 4.00. The lowest BCUT2D eigenvalue weighted by molar-refractivity contribution is -0.352. The molecule has 3 rings (SSSR count). The average Bonchev–Trinajstić information content (AvgIpc) is 2.85. The maximum Gasteiger partial charge on any atom is 0.150 e. The van der Waals surface area contributed by atoms with Gasteiger partial charge in [-0.1, -0.05) is 87.4 Å². The van der Waals surface area contributed by atoms with Gasteiger partial charge in [0.25, 0.3) is 0 Å². The number of rotatable bonds is 14. The van der Waals surface area contributed by atoms with Crippen molar-refractivity contribution in [3.8, 4) is 0 Å².